The molecule has 0 aromatic heterocycles. The van der Waals surface area contributed by atoms with Gasteiger partial charge in [0.05, 0.1) is 18.6 Å². The van der Waals surface area contributed by atoms with Gasteiger partial charge < -0.3 is 19.1 Å². The van der Waals surface area contributed by atoms with Gasteiger partial charge in [-0.3, -0.25) is 4.79 Å². The van der Waals surface area contributed by atoms with Gasteiger partial charge in [-0.15, -0.1) is 0 Å². The van der Waals surface area contributed by atoms with Gasteiger partial charge in [-0.2, -0.15) is 0 Å². The number of ether oxygens (including phenoxy) is 3. The molecule has 0 radical (unpaired) electrons. The molecule has 52 heavy (non-hydrogen) atoms. The Balaban J connectivity index is 1.63. The van der Waals surface area contributed by atoms with E-state index in [4.69, 9.17) is 14.2 Å². The van der Waals surface area contributed by atoms with Crippen molar-refractivity contribution in [3.05, 3.63) is 36.5 Å². The smallest absolute Gasteiger partial charge is 0.307 e. The van der Waals surface area contributed by atoms with Gasteiger partial charge in [0.2, 0.25) is 0 Å². The molecule has 4 atom stereocenters. The largest absolute Gasteiger partial charge is 0.462 e. The van der Waals surface area contributed by atoms with Crippen LogP contribution in [0.25, 0.3) is 0 Å². The van der Waals surface area contributed by atoms with Gasteiger partial charge in [0, 0.05) is 32.2 Å². The van der Waals surface area contributed by atoms with Crippen molar-refractivity contribution in [3.63, 3.8) is 0 Å². The normalized spacial score (nSPS) is 21.8. The van der Waals surface area contributed by atoms with E-state index in [2.05, 4.69) is 50.3 Å². The van der Waals surface area contributed by atoms with E-state index in [9.17, 15) is 4.79 Å². The van der Waals surface area contributed by atoms with Crippen molar-refractivity contribution in [2.24, 2.45) is 0 Å². The summed E-state index contributed by atoms with van der Waals surface area (Å²) in [6.45, 7) is 5.27. The van der Waals surface area contributed by atoms with Crippen LogP contribution >= 0.6 is 0 Å². The molecule has 1 saturated heterocycles. The Morgan fingerprint density at radius 2 is 0.962 bits per heavy atom. The van der Waals surface area contributed by atoms with Gasteiger partial charge in [-0.05, 0) is 84.7 Å². The monoisotopic (exact) mass is 728 g/mol. The second-order valence-electron chi connectivity index (χ2n) is 16.4. The molecule has 302 valence electrons. The van der Waals surface area contributed by atoms with Crippen LogP contribution in [0.3, 0.4) is 0 Å². The number of carbonyl (C=O) groups excluding carboxylic acids is 1. The van der Waals surface area contributed by atoms with Crippen molar-refractivity contribution < 1.29 is 19.0 Å². The first-order chi connectivity index (χ1) is 25.5. The van der Waals surface area contributed by atoms with Crippen LogP contribution in [-0.4, -0.2) is 55.6 Å². The lowest BCUT2D eigenvalue weighted by Crippen LogP contribution is -2.33. The summed E-state index contributed by atoms with van der Waals surface area (Å²) in [7, 11) is 3.97. The highest BCUT2D eigenvalue weighted by atomic mass is 16.8. The summed E-state index contributed by atoms with van der Waals surface area (Å²) in [5.41, 5.74) is 0. The van der Waals surface area contributed by atoms with E-state index in [0.717, 1.165) is 38.6 Å². The number of esters is 1. The third-order valence-electron chi connectivity index (χ3n) is 11.0. The maximum Gasteiger partial charge on any atom is 0.307 e. The van der Waals surface area contributed by atoms with Crippen molar-refractivity contribution in [2.45, 2.75) is 237 Å². The van der Waals surface area contributed by atoms with E-state index in [-0.39, 0.29) is 24.3 Å². The fourth-order valence-electron chi connectivity index (χ4n) is 7.79. The second kappa shape index (κ2) is 31.9. The van der Waals surface area contributed by atoms with E-state index < -0.39 is 5.79 Å². The molecule has 1 aliphatic heterocycles. The molecule has 0 amide bonds. The Hall–Kier alpha value is -1.43. The van der Waals surface area contributed by atoms with Crippen LogP contribution in [0.1, 0.15) is 213 Å². The average molecular weight is 728 g/mol. The molecule has 0 bridgehead atoms. The molecule has 0 spiro atoms. The molecule has 0 N–H and O–H groups in total. The van der Waals surface area contributed by atoms with Gasteiger partial charge in [0.25, 0.3) is 0 Å². The Kier molecular flexibility index (Phi) is 28.6. The van der Waals surface area contributed by atoms with Crippen LogP contribution in [0.2, 0.25) is 0 Å². The number of hydrogen-bond donors (Lipinski definition) is 0. The highest BCUT2D eigenvalue weighted by Gasteiger charge is 2.52. The van der Waals surface area contributed by atoms with Crippen LogP contribution in [-0.2, 0) is 19.0 Å². The van der Waals surface area contributed by atoms with Crippen molar-refractivity contribution in [2.75, 3.05) is 20.6 Å². The first-order valence-corrected chi connectivity index (χ1v) is 22.6. The average Bonchev–Trinajstić information content (AvgIpc) is 3.65. The van der Waals surface area contributed by atoms with E-state index in [1.807, 2.05) is 19.0 Å². The quantitative estimate of drug-likeness (QED) is 0.0369. The summed E-state index contributed by atoms with van der Waals surface area (Å²) in [4.78, 5) is 14.4. The molecule has 5 nitrogen and oxygen atoms in total. The SMILES string of the molecule is CCCCC/C=C\C/C=C\CCCCCCCC[C@]1(CCCCCCCC/C=C\CCCCCCCC)O[C@H]2C[C@H](OC(=O)CCN(C)C)C[C@H]2O1. The van der Waals surface area contributed by atoms with Gasteiger partial charge in [-0.1, -0.05) is 147 Å². The molecular formula is C47H85NO4. The topological polar surface area (TPSA) is 48.0 Å². The maximum atomic E-state index is 12.4. The zero-order valence-corrected chi connectivity index (χ0v) is 34.9. The van der Waals surface area contributed by atoms with E-state index in [1.165, 1.54) is 161 Å². The molecule has 5 heteroatoms. The van der Waals surface area contributed by atoms with E-state index >= 15 is 0 Å². The minimum absolute atomic E-state index is 0.0605. The summed E-state index contributed by atoms with van der Waals surface area (Å²) in [6.07, 6.45) is 51.9. The van der Waals surface area contributed by atoms with Crippen molar-refractivity contribution in [1.29, 1.82) is 0 Å². The van der Waals surface area contributed by atoms with Crippen LogP contribution in [0.15, 0.2) is 36.5 Å². The van der Waals surface area contributed by atoms with E-state index in [1.54, 1.807) is 0 Å². The fourth-order valence-corrected chi connectivity index (χ4v) is 7.79. The third kappa shape index (κ3) is 24.1. The zero-order chi connectivity index (χ0) is 37.4. The van der Waals surface area contributed by atoms with Crippen molar-refractivity contribution in [3.8, 4) is 0 Å². The van der Waals surface area contributed by atoms with Gasteiger partial charge in [0.1, 0.15) is 6.10 Å². The van der Waals surface area contributed by atoms with Gasteiger partial charge in [-0.25, -0.2) is 0 Å². The lowest BCUT2D eigenvalue weighted by Gasteiger charge is -2.30. The molecule has 1 heterocycles. The minimum Gasteiger partial charge on any atom is -0.462 e. The maximum absolute atomic E-state index is 12.4. The number of fused-ring (bicyclic) bond motifs is 1. The number of rotatable bonds is 35. The Bertz CT molecular complexity index is 912. The third-order valence-corrected chi connectivity index (χ3v) is 11.0. The summed E-state index contributed by atoms with van der Waals surface area (Å²) in [5.74, 6) is -0.541. The highest BCUT2D eigenvalue weighted by Crippen LogP contribution is 2.44. The van der Waals surface area contributed by atoms with Gasteiger partial charge in [0.15, 0.2) is 5.79 Å². The molecule has 2 rings (SSSR count). The van der Waals surface area contributed by atoms with Crippen molar-refractivity contribution >= 4 is 5.97 Å². The van der Waals surface area contributed by atoms with Crippen LogP contribution in [0, 0.1) is 0 Å². The fraction of sp³-hybridized carbons (Fsp3) is 0.851. The van der Waals surface area contributed by atoms with Crippen LogP contribution in [0.4, 0.5) is 0 Å². The Morgan fingerprint density at radius 3 is 1.42 bits per heavy atom. The molecular weight excluding hydrogens is 643 g/mol. The number of carbonyl (C=O) groups is 1. The van der Waals surface area contributed by atoms with E-state index in [0.29, 0.717) is 6.42 Å². The Morgan fingerprint density at radius 1 is 0.577 bits per heavy atom. The van der Waals surface area contributed by atoms with Gasteiger partial charge >= 0.3 is 5.97 Å². The highest BCUT2D eigenvalue weighted by molar-refractivity contribution is 5.69. The number of nitrogens with zero attached hydrogens (tertiary/aromatic N) is 1. The number of unbranched alkanes of at least 4 members (excludes halogenated alkanes) is 21. The summed E-state index contributed by atoms with van der Waals surface area (Å²) in [6, 6.07) is 0. The number of hydrogen-bond acceptors (Lipinski definition) is 5. The second-order valence-corrected chi connectivity index (χ2v) is 16.4. The summed E-state index contributed by atoms with van der Waals surface area (Å²) in [5, 5.41) is 0. The molecule has 0 aromatic rings. The molecule has 0 unspecified atom stereocenters. The lowest BCUT2D eigenvalue weighted by atomic mass is 9.98. The predicted octanol–water partition coefficient (Wildman–Crippen LogP) is 13.8. The zero-order valence-electron chi connectivity index (χ0n) is 34.9. The number of allylic oxidation sites excluding steroid dienone is 6. The first kappa shape index (κ1) is 46.7. The molecule has 1 saturated carbocycles. The van der Waals surface area contributed by atoms with Crippen molar-refractivity contribution in [1.82, 2.24) is 4.90 Å². The molecule has 1 aliphatic carbocycles. The van der Waals surface area contributed by atoms with Crippen LogP contribution < -0.4 is 0 Å². The van der Waals surface area contributed by atoms with Crippen LogP contribution in [0.5, 0.6) is 0 Å². The first-order valence-electron chi connectivity index (χ1n) is 22.6. The standard InChI is InChI=1S/C47H85NO4/c1-5-7-9-11-13-15-17-19-21-23-25-27-29-31-33-35-38-47(51-44-41-43(42-45(44)52-47)50-46(49)37-40-48(3)4)39-36-34-32-30-28-26-24-22-20-18-16-14-12-10-8-6-2/h13,15,19-22,43-45H,5-12,14,16-18,23-42H2,1-4H3/b15-13-,21-19-,22-20-/t43-,44-,45+,47-. The molecule has 2 aliphatic rings. The summed E-state index contributed by atoms with van der Waals surface area (Å²) >= 11 is 0. The molecule has 2 fully saturated rings. The molecule has 0 aromatic carbocycles. The predicted molar refractivity (Wildman–Crippen MR) is 223 cm³/mol. The summed E-state index contributed by atoms with van der Waals surface area (Å²) < 4.78 is 19.4. The minimum atomic E-state index is -0.439. The Labute approximate surface area is 323 Å². The lowest BCUT2D eigenvalue weighted by molar-refractivity contribution is -0.196.